The highest BCUT2D eigenvalue weighted by Gasteiger charge is 2.25. The van der Waals surface area contributed by atoms with Gasteiger partial charge in [-0.3, -0.25) is 9.79 Å². The monoisotopic (exact) mass is 567 g/mol. The molecule has 0 bridgehead atoms. The van der Waals surface area contributed by atoms with E-state index in [0.29, 0.717) is 38.8 Å². The highest BCUT2D eigenvalue weighted by Crippen LogP contribution is 2.16. The number of rotatable bonds is 7. The molecule has 0 unspecified atom stereocenters. The van der Waals surface area contributed by atoms with Gasteiger partial charge in [-0.25, -0.2) is 8.42 Å². The fourth-order valence-corrected chi connectivity index (χ4v) is 4.57. The first-order valence-corrected chi connectivity index (χ1v) is 11.6. The number of nitrogens with zero attached hydrogens (tertiary/aromatic N) is 2. The number of morpholine rings is 1. The van der Waals surface area contributed by atoms with E-state index >= 15 is 0 Å². The number of carbonyl (C=O) groups excluding carboxylic acids is 1. The number of amides is 1. The van der Waals surface area contributed by atoms with E-state index < -0.39 is 10.0 Å². The number of benzene rings is 1. The van der Waals surface area contributed by atoms with E-state index in [2.05, 4.69) is 20.9 Å². The van der Waals surface area contributed by atoms with Crippen LogP contribution in [0.3, 0.4) is 0 Å². The Morgan fingerprint density at radius 3 is 2.32 bits per heavy atom. The molecule has 0 atom stereocenters. The standard InChI is InChI=1S/C20H33N5O4S.HI/c1-20(2,3)24-18(26)14-23-19(21-4)22-13-16-7-5-6-8-17(16)15-30(27,28)25-9-11-29-12-10-25;/h5-8H,9-15H2,1-4H3,(H,24,26)(H2,21,22,23);1H. The second-order valence-corrected chi connectivity index (χ2v) is 10.1. The molecule has 1 heterocycles. The van der Waals surface area contributed by atoms with Crippen LogP contribution in [0.5, 0.6) is 0 Å². The van der Waals surface area contributed by atoms with Crippen molar-refractivity contribution in [3.63, 3.8) is 0 Å². The highest BCUT2D eigenvalue weighted by atomic mass is 127. The van der Waals surface area contributed by atoms with Crippen LogP contribution < -0.4 is 16.0 Å². The largest absolute Gasteiger partial charge is 0.379 e. The van der Waals surface area contributed by atoms with Gasteiger partial charge >= 0.3 is 0 Å². The molecular weight excluding hydrogens is 533 g/mol. The second kappa shape index (κ2) is 12.6. The molecule has 1 amide bonds. The van der Waals surface area contributed by atoms with Gasteiger partial charge in [0.25, 0.3) is 0 Å². The van der Waals surface area contributed by atoms with Crippen LogP contribution in [0.2, 0.25) is 0 Å². The quantitative estimate of drug-likeness (QED) is 0.258. The number of carbonyl (C=O) groups is 1. The van der Waals surface area contributed by atoms with Crippen molar-refractivity contribution in [3.05, 3.63) is 35.4 Å². The van der Waals surface area contributed by atoms with Crippen molar-refractivity contribution in [2.24, 2.45) is 4.99 Å². The van der Waals surface area contributed by atoms with Crippen LogP contribution in [0, 0.1) is 0 Å². The fraction of sp³-hybridized carbons (Fsp3) is 0.600. The van der Waals surface area contributed by atoms with Crippen LogP contribution >= 0.6 is 24.0 Å². The summed E-state index contributed by atoms with van der Waals surface area (Å²) in [7, 11) is -1.80. The van der Waals surface area contributed by atoms with E-state index in [1.165, 1.54) is 4.31 Å². The van der Waals surface area contributed by atoms with Crippen molar-refractivity contribution >= 4 is 45.9 Å². The number of ether oxygens (including phenoxy) is 1. The molecule has 0 aliphatic carbocycles. The summed E-state index contributed by atoms with van der Waals surface area (Å²) in [4.78, 5) is 16.1. The van der Waals surface area contributed by atoms with E-state index in [0.717, 1.165) is 11.1 Å². The smallest absolute Gasteiger partial charge is 0.239 e. The summed E-state index contributed by atoms with van der Waals surface area (Å²) in [5.74, 6) is 0.262. The highest BCUT2D eigenvalue weighted by molar-refractivity contribution is 14.0. The van der Waals surface area contributed by atoms with E-state index in [1.807, 2.05) is 45.0 Å². The van der Waals surface area contributed by atoms with Crippen LogP contribution in [-0.4, -0.2) is 70.0 Å². The predicted molar refractivity (Wildman–Crippen MR) is 133 cm³/mol. The first-order valence-electron chi connectivity index (χ1n) is 9.98. The van der Waals surface area contributed by atoms with Crippen molar-refractivity contribution < 1.29 is 17.9 Å². The summed E-state index contributed by atoms with van der Waals surface area (Å²) >= 11 is 0. The Kier molecular flexibility index (Phi) is 11.2. The molecule has 0 aromatic heterocycles. The normalized spacial score (nSPS) is 15.7. The van der Waals surface area contributed by atoms with E-state index in [1.54, 1.807) is 7.05 Å². The van der Waals surface area contributed by atoms with E-state index in [4.69, 9.17) is 4.74 Å². The lowest BCUT2D eigenvalue weighted by Crippen LogP contribution is -2.48. The molecule has 1 aliphatic heterocycles. The minimum absolute atomic E-state index is 0. The molecule has 9 nitrogen and oxygen atoms in total. The van der Waals surface area contributed by atoms with Crippen molar-refractivity contribution in [1.82, 2.24) is 20.3 Å². The molecule has 1 fully saturated rings. The zero-order chi connectivity index (χ0) is 22.2. The van der Waals surface area contributed by atoms with Crippen LogP contribution in [-0.2, 0) is 31.9 Å². The molecule has 31 heavy (non-hydrogen) atoms. The van der Waals surface area contributed by atoms with Gasteiger partial charge < -0.3 is 20.7 Å². The molecule has 1 aromatic carbocycles. The SMILES string of the molecule is CN=C(NCC(=O)NC(C)(C)C)NCc1ccccc1CS(=O)(=O)N1CCOCC1.I. The summed E-state index contributed by atoms with van der Waals surface area (Å²) in [5.41, 5.74) is 1.29. The van der Waals surface area contributed by atoms with Gasteiger partial charge in [0.05, 0.1) is 25.5 Å². The third kappa shape index (κ3) is 9.71. The molecule has 2 rings (SSSR count). The second-order valence-electron chi connectivity index (χ2n) is 8.11. The van der Waals surface area contributed by atoms with Crippen LogP contribution in [0.4, 0.5) is 0 Å². The molecule has 176 valence electrons. The maximum atomic E-state index is 12.8. The summed E-state index contributed by atoms with van der Waals surface area (Å²) in [6, 6.07) is 7.41. The van der Waals surface area contributed by atoms with Gasteiger partial charge in [-0.05, 0) is 31.9 Å². The molecule has 0 saturated carbocycles. The number of aliphatic imine (C=N–C) groups is 1. The first-order chi connectivity index (χ1) is 14.1. The van der Waals surface area contributed by atoms with Crippen molar-refractivity contribution in [3.8, 4) is 0 Å². The van der Waals surface area contributed by atoms with Gasteiger partial charge in [-0.15, -0.1) is 24.0 Å². The molecule has 1 aromatic rings. The maximum Gasteiger partial charge on any atom is 0.239 e. The Morgan fingerprint density at radius 2 is 1.74 bits per heavy atom. The molecule has 1 saturated heterocycles. The first kappa shape index (κ1) is 27.6. The van der Waals surface area contributed by atoms with E-state index in [9.17, 15) is 13.2 Å². The zero-order valence-corrected chi connectivity index (χ0v) is 21.7. The van der Waals surface area contributed by atoms with E-state index in [-0.39, 0.29) is 47.7 Å². The Morgan fingerprint density at radius 1 is 1.13 bits per heavy atom. The van der Waals surface area contributed by atoms with Gasteiger partial charge in [-0.2, -0.15) is 4.31 Å². The summed E-state index contributed by atoms with van der Waals surface area (Å²) in [5, 5.41) is 8.98. The molecule has 0 spiro atoms. The summed E-state index contributed by atoms with van der Waals surface area (Å²) < 4.78 is 32.3. The Balaban J connectivity index is 0.00000480. The Hall–Kier alpha value is -1.44. The third-order valence-corrected chi connectivity index (χ3v) is 6.25. The van der Waals surface area contributed by atoms with Crippen LogP contribution in [0.25, 0.3) is 0 Å². The van der Waals surface area contributed by atoms with Gasteiger partial charge in [0, 0.05) is 32.2 Å². The number of hydrogen-bond donors (Lipinski definition) is 3. The van der Waals surface area contributed by atoms with Crippen molar-refractivity contribution in [1.29, 1.82) is 0 Å². The van der Waals surface area contributed by atoms with Gasteiger partial charge in [0.15, 0.2) is 5.96 Å². The Bertz CT molecular complexity index is 849. The zero-order valence-electron chi connectivity index (χ0n) is 18.6. The summed E-state index contributed by atoms with van der Waals surface area (Å²) in [6.45, 7) is 7.84. The molecule has 11 heteroatoms. The molecule has 0 radical (unpaired) electrons. The number of halogens is 1. The minimum atomic E-state index is -3.42. The number of sulfonamides is 1. The average molecular weight is 567 g/mol. The predicted octanol–water partition coefficient (Wildman–Crippen LogP) is 1.05. The van der Waals surface area contributed by atoms with Crippen molar-refractivity contribution in [2.45, 2.75) is 38.6 Å². The van der Waals surface area contributed by atoms with Crippen LogP contribution in [0.15, 0.2) is 29.3 Å². The third-order valence-electron chi connectivity index (χ3n) is 4.42. The number of nitrogens with one attached hydrogen (secondary N) is 3. The van der Waals surface area contributed by atoms with Gasteiger partial charge in [-0.1, -0.05) is 24.3 Å². The lowest BCUT2D eigenvalue weighted by Gasteiger charge is -2.26. The lowest BCUT2D eigenvalue weighted by molar-refractivity contribution is -0.121. The summed E-state index contributed by atoms with van der Waals surface area (Å²) in [6.07, 6.45) is 0. The van der Waals surface area contributed by atoms with Crippen molar-refractivity contribution in [2.75, 3.05) is 39.9 Å². The average Bonchev–Trinajstić information content (AvgIpc) is 2.68. The molecule has 3 N–H and O–H groups in total. The molecular formula is C20H34IN5O4S. The number of guanidine groups is 1. The molecule has 1 aliphatic rings. The lowest BCUT2D eigenvalue weighted by atomic mass is 10.1. The fourth-order valence-electron chi connectivity index (χ4n) is 3.01. The minimum Gasteiger partial charge on any atom is -0.379 e. The topological polar surface area (TPSA) is 112 Å². The van der Waals surface area contributed by atoms with Gasteiger partial charge in [0.1, 0.15) is 0 Å². The van der Waals surface area contributed by atoms with Crippen LogP contribution in [0.1, 0.15) is 31.9 Å². The Labute approximate surface area is 202 Å². The number of hydrogen-bond acceptors (Lipinski definition) is 5. The van der Waals surface area contributed by atoms with Gasteiger partial charge in [0.2, 0.25) is 15.9 Å². The maximum absolute atomic E-state index is 12.8.